The van der Waals surface area contributed by atoms with Crippen molar-refractivity contribution in [2.75, 3.05) is 25.5 Å². The average Bonchev–Trinajstić information content (AvgIpc) is 3.27. The SMILES string of the molecule is CN1CCC[C@@H](Nc2nnc(Cl)c(C3CC3)c2N=[N+]=[N-])C1. The van der Waals surface area contributed by atoms with E-state index in [0.29, 0.717) is 28.6 Å². The molecule has 1 atom stereocenters. The Balaban J connectivity index is 1.90. The number of hydrogen-bond acceptors (Lipinski definition) is 5. The van der Waals surface area contributed by atoms with E-state index in [1.165, 1.54) is 0 Å². The Morgan fingerprint density at radius 1 is 1.38 bits per heavy atom. The third kappa shape index (κ3) is 3.20. The van der Waals surface area contributed by atoms with E-state index in [1.807, 2.05) is 0 Å². The molecule has 112 valence electrons. The number of aromatic nitrogens is 2. The number of rotatable bonds is 4. The first-order valence-corrected chi connectivity index (χ1v) is 7.63. The fraction of sp³-hybridized carbons (Fsp3) is 0.692. The minimum Gasteiger partial charge on any atom is -0.364 e. The Labute approximate surface area is 128 Å². The van der Waals surface area contributed by atoms with Crippen LogP contribution >= 0.6 is 11.6 Å². The molecule has 0 spiro atoms. The Morgan fingerprint density at radius 3 is 2.86 bits per heavy atom. The van der Waals surface area contributed by atoms with E-state index < -0.39 is 0 Å². The quantitative estimate of drug-likeness (QED) is 0.524. The first kappa shape index (κ1) is 14.4. The zero-order valence-corrected chi connectivity index (χ0v) is 12.7. The van der Waals surface area contributed by atoms with Gasteiger partial charge in [0.1, 0.15) is 0 Å². The average molecular weight is 308 g/mol. The van der Waals surface area contributed by atoms with Crippen molar-refractivity contribution in [1.82, 2.24) is 15.1 Å². The van der Waals surface area contributed by atoms with Crippen LogP contribution in [-0.2, 0) is 0 Å². The third-order valence-electron chi connectivity index (χ3n) is 4.04. The molecule has 1 aliphatic carbocycles. The molecule has 1 saturated heterocycles. The van der Waals surface area contributed by atoms with Gasteiger partial charge in [0.25, 0.3) is 0 Å². The van der Waals surface area contributed by atoms with E-state index in [4.69, 9.17) is 17.1 Å². The first-order chi connectivity index (χ1) is 10.2. The van der Waals surface area contributed by atoms with Crippen LogP contribution < -0.4 is 5.32 Å². The van der Waals surface area contributed by atoms with Gasteiger partial charge in [0, 0.05) is 23.1 Å². The van der Waals surface area contributed by atoms with Gasteiger partial charge in [-0.2, -0.15) is 0 Å². The molecule has 0 amide bonds. The van der Waals surface area contributed by atoms with Gasteiger partial charge in [0.2, 0.25) is 0 Å². The molecule has 2 fully saturated rings. The number of azide groups is 1. The van der Waals surface area contributed by atoms with Crippen molar-refractivity contribution in [3.05, 3.63) is 21.2 Å². The number of halogens is 1. The highest BCUT2D eigenvalue weighted by Gasteiger charge is 2.31. The Hall–Kier alpha value is -1.56. The summed E-state index contributed by atoms with van der Waals surface area (Å²) in [5.41, 5.74) is 10.2. The Kier molecular flexibility index (Phi) is 4.14. The van der Waals surface area contributed by atoms with Crippen LogP contribution in [0.4, 0.5) is 11.5 Å². The molecule has 7 nitrogen and oxygen atoms in total. The molecule has 2 heterocycles. The van der Waals surface area contributed by atoms with E-state index in [-0.39, 0.29) is 0 Å². The maximum atomic E-state index is 8.84. The van der Waals surface area contributed by atoms with Crippen LogP contribution in [0.2, 0.25) is 5.15 Å². The molecule has 0 bridgehead atoms. The van der Waals surface area contributed by atoms with E-state index in [9.17, 15) is 0 Å². The highest BCUT2D eigenvalue weighted by Crippen LogP contribution is 2.48. The fourth-order valence-corrected chi connectivity index (χ4v) is 3.16. The van der Waals surface area contributed by atoms with Gasteiger partial charge in [0.15, 0.2) is 11.0 Å². The lowest BCUT2D eigenvalue weighted by Gasteiger charge is -2.30. The topological polar surface area (TPSA) is 89.8 Å². The predicted octanol–water partition coefficient (Wildman–Crippen LogP) is 3.46. The second-order valence-corrected chi connectivity index (χ2v) is 6.17. The number of likely N-dealkylation sites (tertiary alicyclic amines) is 1. The van der Waals surface area contributed by atoms with Crippen LogP contribution in [0.1, 0.15) is 37.2 Å². The van der Waals surface area contributed by atoms with Crippen molar-refractivity contribution < 1.29 is 0 Å². The van der Waals surface area contributed by atoms with Crippen LogP contribution in [-0.4, -0.2) is 41.3 Å². The van der Waals surface area contributed by atoms with Crippen molar-refractivity contribution in [3.8, 4) is 0 Å². The van der Waals surface area contributed by atoms with Gasteiger partial charge in [-0.3, -0.25) is 0 Å². The van der Waals surface area contributed by atoms with Crippen molar-refractivity contribution >= 4 is 23.1 Å². The molecule has 1 aromatic heterocycles. The standard InChI is InChI=1S/C13H18ClN7/c1-21-6-2-3-9(7-21)16-13-11(17-20-15)10(8-4-5-8)12(14)18-19-13/h8-9H,2-7H2,1H3,(H,16,19)/t9-/m1/s1. The zero-order valence-electron chi connectivity index (χ0n) is 12.0. The van der Waals surface area contributed by atoms with Gasteiger partial charge in [-0.1, -0.05) is 16.7 Å². The highest BCUT2D eigenvalue weighted by molar-refractivity contribution is 6.30. The van der Waals surface area contributed by atoms with Gasteiger partial charge in [0.05, 0.1) is 5.69 Å². The summed E-state index contributed by atoms with van der Waals surface area (Å²) in [7, 11) is 2.10. The first-order valence-electron chi connectivity index (χ1n) is 7.25. The highest BCUT2D eigenvalue weighted by atomic mass is 35.5. The zero-order chi connectivity index (χ0) is 14.8. The number of anilines is 1. The molecule has 1 N–H and O–H groups in total. The summed E-state index contributed by atoms with van der Waals surface area (Å²) in [6.45, 7) is 2.06. The van der Waals surface area contributed by atoms with Crippen LogP contribution in [0.3, 0.4) is 0 Å². The minimum atomic E-state index is 0.291. The summed E-state index contributed by atoms with van der Waals surface area (Å²) in [6.07, 6.45) is 4.33. The molecule has 8 heteroatoms. The lowest BCUT2D eigenvalue weighted by molar-refractivity contribution is 0.260. The number of piperidine rings is 1. The van der Waals surface area contributed by atoms with Gasteiger partial charge in [-0.25, -0.2) is 0 Å². The second-order valence-electron chi connectivity index (χ2n) is 5.81. The molecule has 3 rings (SSSR count). The predicted molar refractivity (Wildman–Crippen MR) is 82.0 cm³/mol. The number of nitrogens with one attached hydrogen (secondary N) is 1. The summed E-state index contributed by atoms with van der Waals surface area (Å²) in [5, 5.41) is 15.7. The molecule has 0 aromatic carbocycles. The molecule has 2 aliphatic rings. The lowest BCUT2D eigenvalue weighted by Crippen LogP contribution is -2.40. The molecule has 21 heavy (non-hydrogen) atoms. The minimum absolute atomic E-state index is 0.291. The smallest absolute Gasteiger partial charge is 0.158 e. The van der Waals surface area contributed by atoms with Crippen molar-refractivity contribution in [3.63, 3.8) is 0 Å². The van der Waals surface area contributed by atoms with E-state index in [0.717, 1.165) is 44.3 Å². The number of likely N-dealkylation sites (N-methyl/N-ethyl adjacent to an activating group) is 1. The van der Waals surface area contributed by atoms with Gasteiger partial charge in [-0.15, -0.1) is 10.2 Å². The number of hydrogen-bond donors (Lipinski definition) is 1. The van der Waals surface area contributed by atoms with Gasteiger partial charge < -0.3 is 10.2 Å². The summed E-state index contributed by atoms with van der Waals surface area (Å²) < 4.78 is 0. The van der Waals surface area contributed by atoms with Crippen LogP contribution in [0.15, 0.2) is 5.11 Å². The largest absolute Gasteiger partial charge is 0.364 e. The van der Waals surface area contributed by atoms with Crippen molar-refractivity contribution in [2.24, 2.45) is 5.11 Å². The van der Waals surface area contributed by atoms with Crippen LogP contribution in [0, 0.1) is 0 Å². The van der Waals surface area contributed by atoms with Crippen molar-refractivity contribution in [2.45, 2.75) is 37.6 Å². The monoisotopic (exact) mass is 307 g/mol. The summed E-state index contributed by atoms with van der Waals surface area (Å²) >= 11 is 6.15. The lowest BCUT2D eigenvalue weighted by atomic mass is 10.1. The van der Waals surface area contributed by atoms with E-state index >= 15 is 0 Å². The third-order valence-corrected chi connectivity index (χ3v) is 4.31. The van der Waals surface area contributed by atoms with Crippen LogP contribution in [0.25, 0.3) is 10.4 Å². The Morgan fingerprint density at radius 2 is 2.19 bits per heavy atom. The van der Waals surface area contributed by atoms with Gasteiger partial charge >= 0.3 is 0 Å². The molecule has 1 aromatic rings. The molecule has 0 unspecified atom stereocenters. The Bertz CT molecular complexity index is 580. The van der Waals surface area contributed by atoms with Crippen LogP contribution in [0.5, 0.6) is 0 Å². The maximum Gasteiger partial charge on any atom is 0.158 e. The second kappa shape index (κ2) is 6.05. The summed E-state index contributed by atoms with van der Waals surface area (Å²) in [5.74, 6) is 0.905. The molecular formula is C13H18ClN7. The molecule has 0 radical (unpaired) electrons. The fourth-order valence-electron chi connectivity index (χ4n) is 2.87. The summed E-state index contributed by atoms with van der Waals surface area (Å²) in [4.78, 5) is 5.21. The summed E-state index contributed by atoms with van der Waals surface area (Å²) in [6, 6.07) is 0.291. The molecule has 1 saturated carbocycles. The normalized spacial score (nSPS) is 22.7. The van der Waals surface area contributed by atoms with E-state index in [1.54, 1.807) is 0 Å². The van der Waals surface area contributed by atoms with E-state index in [2.05, 4.69) is 37.5 Å². The molecular weight excluding hydrogens is 290 g/mol. The maximum absolute atomic E-state index is 8.84. The number of nitrogens with zero attached hydrogens (tertiary/aromatic N) is 6. The van der Waals surface area contributed by atoms with Gasteiger partial charge in [-0.05, 0) is 50.7 Å². The molecule has 1 aliphatic heterocycles. The van der Waals surface area contributed by atoms with Crippen molar-refractivity contribution in [1.29, 1.82) is 0 Å².